The second kappa shape index (κ2) is 6.02. The van der Waals surface area contributed by atoms with Crippen LogP contribution in [0.25, 0.3) is 0 Å². The second-order valence-electron chi connectivity index (χ2n) is 4.88. The molecule has 0 spiro atoms. The highest BCUT2D eigenvalue weighted by molar-refractivity contribution is 5.93. The number of nitrogens with one attached hydrogen (secondary N) is 1. The molecule has 20 heavy (non-hydrogen) atoms. The fourth-order valence-electron chi connectivity index (χ4n) is 2.43. The second-order valence-corrected chi connectivity index (χ2v) is 4.88. The molecule has 106 valence electrons. The van der Waals surface area contributed by atoms with Gasteiger partial charge in [-0.15, -0.1) is 0 Å². The van der Waals surface area contributed by atoms with Crippen molar-refractivity contribution < 1.29 is 13.9 Å². The fraction of sp³-hybridized carbons (Fsp3) is 0.429. The summed E-state index contributed by atoms with van der Waals surface area (Å²) in [5.74, 6) is 0.428. The Kier molecular flexibility index (Phi) is 3.94. The van der Waals surface area contributed by atoms with E-state index in [1.54, 1.807) is 24.7 Å². The van der Waals surface area contributed by atoms with Gasteiger partial charge in [-0.25, -0.2) is 4.98 Å². The number of H-pyrrole nitrogens is 1. The van der Waals surface area contributed by atoms with Crippen molar-refractivity contribution in [1.82, 2.24) is 14.9 Å². The molecular formula is C14H17N3O3. The van der Waals surface area contributed by atoms with Gasteiger partial charge in [0.25, 0.3) is 0 Å². The van der Waals surface area contributed by atoms with E-state index < -0.39 is 0 Å². The summed E-state index contributed by atoms with van der Waals surface area (Å²) < 4.78 is 10.7. The van der Waals surface area contributed by atoms with Crippen molar-refractivity contribution in [3.8, 4) is 0 Å². The summed E-state index contributed by atoms with van der Waals surface area (Å²) in [6.45, 7) is 2.83. The summed E-state index contributed by atoms with van der Waals surface area (Å²) in [6, 6.07) is 3.50. The van der Waals surface area contributed by atoms with Crippen molar-refractivity contribution in [1.29, 1.82) is 0 Å². The number of carbonyl (C=O) groups excluding carboxylic acids is 1. The van der Waals surface area contributed by atoms with Crippen molar-refractivity contribution in [2.75, 3.05) is 19.8 Å². The Hall–Kier alpha value is -1.92. The molecule has 0 amide bonds. The van der Waals surface area contributed by atoms with Crippen LogP contribution in [-0.4, -0.2) is 46.5 Å². The lowest BCUT2D eigenvalue weighted by atomic mass is 10.1. The van der Waals surface area contributed by atoms with Gasteiger partial charge in [-0.05, 0) is 12.1 Å². The quantitative estimate of drug-likeness (QED) is 0.837. The summed E-state index contributed by atoms with van der Waals surface area (Å²) >= 11 is 0. The number of furan rings is 1. The van der Waals surface area contributed by atoms with Gasteiger partial charge in [-0.2, -0.15) is 0 Å². The molecule has 1 atom stereocenters. The topological polar surface area (TPSA) is 71.4 Å². The van der Waals surface area contributed by atoms with Gasteiger partial charge < -0.3 is 14.1 Å². The largest absolute Gasteiger partial charge is 0.461 e. The van der Waals surface area contributed by atoms with Gasteiger partial charge >= 0.3 is 0 Å². The number of Topliss-reactive ketones (excluding diaryl/α,β-unsaturated/α-hetero) is 1. The normalized spacial score (nSPS) is 20.1. The van der Waals surface area contributed by atoms with E-state index in [2.05, 4.69) is 14.9 Å². The van der Waals surface area contributed by atoms with Gasteiger partial charge in [0.1, 0.15) is 0 Å². The van der Waals surface area contributed by atoms with Crippen LogP contribution in [0, 0.1) is 0 Å². The lowest BCUT2D eigenvalue weighted by molar-refractivity contribution is -0.0133. The lowest BCUT2D eigenvalue weighted by Gasteiger charge is -2.34. The Morgan fingerprint density at radius 1 is 1.55 bits per heavy atom. The third-order valence-corrected chi connectivity index (χ3v) is 3.49. The summed E-state index contributed by atoms with van der Waals surface area (Å²) in [4.78, 5) is 21.5. The molecule has 2 aromatic heterocycles. The Bertz CT molecular complexity index is 536. The van der Waals surface area contributed by atoms with Crippen LogP contribution in [0.2, 0.25) is 0 Å². The lowest BCUT2D eigenvalue weighted by Crippen LogP contribution is -2.45. The van der Waals surface area contributed by atoms with Crippen LogP contribution < -0.4 is 0 Å². The maximum atomic E-state index is 12.1. The number of ether oxygens (including phenoxy) is 1. The molecule has 0 radical (unpaired) electrons. The Balaban J connectivity index is 1.64. The number of rotatable bonds is 5. The van der Waals surface area contributed by atoms with Crippen molar-refractivity contribution in [3.63, 3.8) is 0 Å². The van der Waals surface area contributed by atoms with E-state index in [0.717, 1.165) is 18.8 Å². The molecule has 0 saturated carbocycles. The van der Waals surface area contributed by atoms with Gasteiger partial charge in [0.05, 0.1) is 25.8 Å². The number of aromatic amines is 1. The molecule has 1 fully saturated rings. The molecule has 1 aliphatic rings. The Morgan fingerprint density at radius 2 is 2.50 bits per heavy atom. The third kappa shape index (κ3) is 2.97. The molecule has 1 unspecified atom stereocenters. The smallest absolute Gasteiger partial charge is 0.199 e. The predicted molar refractivity (Wildman–Crippen MR) is 71.3 cm³/mol. The molecular weight excluding hydrogens is 258 g/mol. The Labute approximate surface area is 116 Å². The average molecular weight is 275 g/mol. The summed E-state index contributed by atoms with van der Waals surface area (Å²) in [5.41, 5.74) is 1.04. The molecule has 1 aliphatic heterocycles. The van der Waals surface area contributed by atoms with E-state index in [1.165, 1.54) is 6.26 Å². The minimum Gasteiger partial charge on any atom is -0.461 e. The zero-order chi connectivity index (χ0) is 13.8. The van der Waals surface area contributed by atoms with E-state index in [1.807, 2.05) is 0 Å². The van der Waals surface area contributed by atoms with Crippen LogP contribution in [0.1, 0.15) is 22.7 Å². The van der Waals surface area contributed by atoms with E-state index in [9.17, 15) is 4.79 Å². The number of hydrogen-bond acceptors (Lipinski definition) is 5. The van der Waals surface area contributed by atoms with Crippen LogP contribution >= 0.6 is 0 Å². The fourth-order valence-corrected chi connectivity index (χ4v) is 2.43. The number of nitrogens with zero attached hydrogens (tertiary/aromatic N) is 2. The number of carbonyl (C=O) groups is 1. The van der Waals surface area contributed by atoms with Crippen molar-refractivity contribution >= 4 is 5.78 Å². The number of aromatic nitrogens is 2. The molecule has 3 rings (SSSR count). The van der Waals surface area contributed by atoms with E-state index in [-0.39, 0.29) is 11.8 Å². The minimum atomic E-state index is 0.0140. The zero-order valence-corrected chi connectivity index (χ0v) is 11.1. The number of morpholine rings is 1. The van der Waals surface area contributed by atoms with Crippen LogP contribution in [0.4, 0.5) is 0 Å². The minimum absolute atomic E-state index is 0.0140. The molecule has 3 heterocycles. The van der Waals surface area contributed by atoms with Crippen LogP contribution in [0.5, 0.6) is 0 Å². The number of ketones is 1. The molecule has 6 heteroatoms. The molecule has 2 aromatic rings. The highest BCUT2D eigenvalue weighted by atomic mass is 16.5. The summed E-state index contributed by atoms with van der Waals surface area (Å²) in [5, 5.41) is 0. The molecule has 1 saturated heterocycles. The van der Waals surface area contributed by atoms with E-state index >= 15 is 0 Å². The monoisotopic (exact) mass is 275 g/mol. The first-order chi connectivity index (χ1) is 9.83. The first-order valence-electron chi connectivity index (χ1n) is 6.68. The van der Waals surface area contributed by atoms with Gasteiger partial charge in [-0.3, -0.25) is 9.69 Å². The van der Waals surface area contributed by atoms with Gasteiger partial charge in [0, 0.05) is 37.4 Å². The van der Waals surface area contributed by atoms with Crippen LogP contribution in [0.15, 0.2) is 35.3 Å². The molecule has 1 N–H and O–H groups in total. The van der Waals surface area contributed by atoms with E-state index in [0.29, 0.717) is 25.4 Å². The Morgan fingerprint density at radius 3 is 3.25 bits per heavy atom. The van der Waals surface area contributed by atoms with Gasteiger partial charge in [-0.1, -0.05) is 0 Å². The summed E-state index contributed by atoms with van der Waals surface area (Å²) in [7, 11) is 0. The average Bonchev–Trinajstić information content (AvgIpc) is 3.13. The standard InChI is InChI=1S/C14H17N3O3/c18-13(14-2-1-4-20-14)6-12-9-19-5-3-17(12)8-11-7-15-10-16-11/h1-2,4,7,10,12H,3,5-6,8-9H2,(H,15,16). The number of imidazole rings is 1. The van der Waals surface area contributed by atoms with Crippen molar-refractivity contribution in [3.05, 3.63) is 42.4 Å². The molecule has 0 aliphatic carbocycles. The van der Waals surface area contributed by atoms with Crippen molar-refractivity contribution in [2.45, 2.75) is 19.0 Å². The third-order valence-electron chi connectivity index (χ3n) is 3.49. The number of hydrogen-bond donors (Lipinski definition) is 1. The first-order valence-corrected chi connectivity index (χ1v) is 6.68. The van der Waals surface area contributed by atoms with Crippen molar-refractivity contribution in [2.24, 2.45) is 0 Å². The summed E-state index contributed by atoms with van der Waals surface area (Å²) in [6.07, 6.45) is 5.40. The van der Waals surface area contributed by atoms with Gasteiger partial charge in [0.15, 0.2) is 11.5 Å². The SMILES string of the molecule is O=C(CC1COCCN1Cc1cnc[nH]1)c1ccco1. The molecule has 6 nitrogen and oxygen atoms in total. The highest BCUT2D eigenvalue weighted by Gasteiger charge is 2.26. The highest BCUT2D eigenvalue weighted by Crippen LogP contribution is 2.16. The van der Waals surface area contributed by atoms with E-state index in [4.69, 9.17) is 9.15 Å². The molecule has 0 aromatic carbocycles. The van der Waals surface area contributed by atoms with Gasteiger partial charge in [0.2, 0.25) is 0 Å². The molecule has 0 bridgehead atoms. The zero-order valence-electron chi connectivity index (χ0n) is 11.1. The predicted octanol–water partition coefficient (Wildman–Crippen LogP) is 1.48. The maximum Gasteiger partial charge on any atom is 0.199 e. The van der Waals surface area contributed by atoms with Crippen LogP contribution in [0.3, 0.4) is 0 Å². The maximum absolute atomic E-state index is 12.1. The van der Waals surface area contributed by atoms with Crippen LogP contribution in [-0.2, 0) is 11.3 Å². The first kappa shape index (κ1) is 13.1.